The van der Waals surface area contributed by atoms with E-state index in [0.29, 0.717) is 16.3 Å². The normalized spacial score (nSPS) is 12.2. The van der Waals surface area contributed by atoms with Crippen LogP contribution in [0.1, 0.15) is 17.2 Å². The minimum Gasteiger partial charge on any atom is -0.495 e. The molecule has 2 aromatic rings. The molecule has 3 nitrogen and oxygen atoms in total. The van der Waals surface area contributed by atoms with Gasteiger partial charge in [0.25, 0.3) is 0 Å². The number of methoxy groups -OCH3 is 1. The zero-order valence-corrected chi connectivity index (χ0v) is 11.4. The summed E-state index contributed by atoms with van der Waals surface area (Å²) in [6.45, 7) is 0. The van der Waals surface area contributed by atoms with Crippen LogP contribution in [0.2, 0.25) is 5.02 Å². The molecule has 1 atom stereocenters. The first kappa shape index (κ1) is 14.7. The molecular weight excluding hydrogens is 286 g/mol. The number of hydrogen-bond donors (Lipinski definition) is 2. The fourth-order valence-corrected chi connectivity index (χ4v) is 2.15. The lowest BCUT2D eigenvalue weighted by molar-refractivity contribution is 0.413. The first-order chi connectivity index (χ1) is 9.56. The van der Waals surface area contributed by atoms with E-state index in [4.69, 9.17) is 22.2 Å². The van der Waals surface area contributed by atoms with Crippen molar-refractivity contribution < 1.29 is 13.5 Å². The summed E-state index contributed by atoms with van der Waals surface area (Å²) in [5.41, 5.74) is 3.19. The van der Waals surface area contributed by atoms with Crippen LogP contribution < -0.4 is 16.0 Å². The van der Waals surface area contributed by atoms with Crippen LogP contribution in [-0.2, 0) is 0 Å². The Morgan fingerprint density at radius 2 is 1.95 bits per heavy atom. The molecule has 2 rings (SSSR count). The molecule has 0 fully saturated rings. The van der Waals surface area contributed by atoms with Crippen molar-refractivity contribution in [2.24, 2.45) is 5.84 Å². The van der Waals surface area contributed by atoms with Gasteiger partial charge >= 0.3 is 0 Å². The van der Waals surface area contributed by atoms with Gasteiger partial charge in [0, 0.05) is 5.56 Å². The quantitative estimate of drug-likeness (QED) is 0.673. The van der Waals surface area contributed by atoms with Crippen LogP contribution in [0.5, 0.6) is 5.75 Å². The molecule has 0 radical (unpaired) electrons. The monoisotopic (exact) mass is 298 g/mol. The van der Waals surface area contributed by atoms with Crippen molar-refractivity contribution in [1.82, 2.24) is 5.43 Å². The summed E-state index contributed by atoms with van der Waals surface area (Å²) in [7, 11) is 1.47. The van der Waals surface area contributed by atoms with E-state index in [9.17, 15) is 8.78 Å². The molecule has 1 unspecified atom stereocenters. The summed E-state index contributed by atoms with van der Waals surface area (Å²) < 4.78 is 32.2. The summed E-state index contributed by atoms with van der Waals surface area (Å²) in [5, 5.41) is 0.423. The second-order valence-electron chi connectivity index (χ2n) is 4.16. The minimum absolute atomic E-state index is 0.108. The predicted octanol–water partition coefficient (Wildman–Crippen LogP) is 3.18. The predicted molar refractivity (Wildman–Crippen MR) is 73.5 cm³/mol. The lowest BCUT2D eigenvalue weighted by atomic mass is 9.98. The Bertz CT molecular complexity index is 622. The molecule has 20 heavy (non-hydrogen) atoms. The van der Waals surface area contributed by atoms with Crippen molar-refractivity contribution >= 4 is 11.6 Å². The van der Waals surface area contributed by atoms with Crippen LogP contribution in [0.3, 0.4) is 0 Å². The minimum atomic E-state index is -0.711. The number of rotatable bonds is 4. The number of nitrogens with one attached hydrogen (secondary N) is 1. The van der Waals surface area contributed by atoms with Crippen LogP contribution in [0.4, 0.5) is 8.78 Å². The highest BCUT2D eigenvalue weighted by Gasteiger charge is 2.18. The third-order valence-electron chi connectivity index (χ3n) is 2.94. The molecule has 0 aromatic heterocycles. The third-order valence-corrected chi connectivity index (χ3v) is 3.26. The number of nitrogens with two attached hydrogens (primary N) is 1. The van der Waals surface area contributed by atoms with Crippen molar-refractivity contribution in [2.75, 3.05) is 7.11 Å². The first-order valence-corrected chi connectivity index (χ1v) is 6.19. The van der Waals surface area contributed by atoms with Gasteiger partial charge in [-0.1, -0.05) is 17.7 Å². The van der Waals surface area contributed by atoms with Gasteiger partial charge in [0.2, 0.25) is 0 Å². The zero-order valence-electron chi connectivity index (χ0n) is 10.7. The molecule has 0 aliphatic heterocycles. The highest BCUT2D eigenvalue weighted by molar-refractivity contribution is 6.32. The molecule has 0 bridgehead atoms. The van der Waals surface area contributed by atoms with Gasteiger partial charge in [-0.25, -0.2) is 14.2 Å². The van der Waals surface area contributed by atoms with Gasteiger partial charge in [0.05, 0.1) is 18.2 Å². The molecule has 2 aromatic carbocycles. The van der Waals surface area contributed by atoms with Crippen LogP contribution in [0.25, 0.3) is 0 Å². The molecule has 0 heterocycles. The Morgan fingerprint density at radius 3 is 2.60 bits per heavy atom. The summed E-state index contributed by atoms with van der Waals surface area (Å²) >= 11 is 5.94. The maximum Gasteiger partial charge on any atom is 0.137 e. The van der Waals surface area contributed by atoms with Gasteiger partial charge in [-0.2, -0.15) is 0 Å². The smallest absolute Gasteiger partial charge is 0.137 e. The SMILES string of the molecule is COc1cc(C(NN)c2cc(F)ccc2F)ccc1Cl. The first-order valence-electron chi connectivity index (χ1n) is 5.81. The van der Waals surface area contributed by atoms with Gasteiger partial charge in [-0.05, 0) is 35.9 Å². The topological polar surface area (TPSA) is 47.3 Å². The lowest BCUT2D eigenvalue weighted by Crippen LogP contribution is -2.29. The molecule has 3 N–H and O–H groups in total. The summed E-state index contributed by atoms with van der Waals surface area (Å²) in [6, 6.07) is 7.39. The zero-order chi connectivity index (χ0) is 14.7. The molecule has 0 spiro atoms. The summed E-state index contributed by atoms with van der Waals surface area (Å²) in [5.74, 6) is 4.81. The van der Waals surface area contributed by atoms with Gasteiger partial charge in [0.1, 0.15) is 17.4 Å². The summed E-state index contributed by atoms with van der Waals surface area (Å²) in [4.78, 5) is 0. The fourth-order valence-electron chi connectivity index (χ4n) is 1.96. The summed E-state index contributed by atoms with van der Waals surface area (Å²) in [6.07, 6.45) is 0. The molecule has 0 aliphatic carbocycles. The van der Waals surface area contributed by atoms with E-state index in [-0.39, 0.29) is 5.56 Å². The van der Waals surface area contributed by atoms with Gasteiger partial charge in [0.15, 0.2) is 0 Å². The number of halogens is 3. The van der Waals surface area contributed by atoms with E-state index in [0.717, 1.165) is 18.2 Å². The third kappa shape index (κ3) is 2.90. The average Bonchev–Trinajstić information content (AvgIpc) is 2.45. The highest BCUT2D eigenvalue weighted by atomic mass is 35.5. The molecular formula is C14H13ClF2N2O. The molecule has 0 saturated heterocycles. The Hall–Kier alpha value is -1.69. The van der Waals surface area contributed by atoms with Crippen molar-refractivity contribution in [3.05, 3.63) is 64.2 Å². The van der Waals surface area contributed by atoms with Crippen molar-refractivity contribution in [3.8, 4) is 5.75 Å². The Labute approximate surface area is 120 Å². The van der Waals surface area contributed by atoms with E-state index in [1.165, 1.54) is 7.11 Å². The maximum atomic E-state index is 13.8. The average molecular weight is 299 g/mol. The second kappa shape index (κ2) is 6.17. The van der Waals surface area contributed by atoms with E-state index in [2.05, 4.69) is 5.43 Å². The standard InChI is InChI=1S/C14H13ClF2N2O/c1-20-13-6-8(2-4-11(13)15)14(19-18)10-7-9(16)3-5-12(10)17/h2-7,14,19H,18H2,1H3. The molecule has 106 valence electrons. The maximum absolute atomic E-state index is 13.8. The van der Waals surface area contributed by atoms with E-state index in [1.54, 1.807) is 18.2 Å². The molecule has 6 heteroatoms. The number of hydrazine groups is 1. The van der Waals surface area contributed by atoms with Crippen molar-refractivity contribution in [2.45, 2.75) is 6.04 Å². The van der Waals surface area contributed by atoms with Crippen molar-refractivity contribution in [1.29, 1.82) is 0 Å². The van der Waals surface area contributed by atoms with Crippen LogP contribution in [0, 0.1) is 11.6 Å². The second-order valence-corrected chi connectivity index (χ2v) is 4.57. The Morgan fingerprint density at radius 1 is 1.20 bits per heavy atom. The van der Waals surface area contributed by atoms with Gasteiger partial charge in [-0.15, -0.1) is 0 Å². The van der Waals surface area contributed by atoms with E-state index < -0.39 is 17.7 Å². The number of ether oxygens (including phenoxy) is 1. The van der Waals surface area contributed by atoms with E-state index >= 15 is 0 Å². The van der Waals surface area contributed by atoms with Crippen LogP contribution in [0.15, 0.2) is 36.4 Å². The Kier molecular flexibility index (Phi) is 4.54. The van der Waals surface area contributed by atoms with E-state index in [1.807, 2.05) is 0 Å². The largest absolute Gasteiger partial charge is 0.495 e. The lowest BCUT2D eigenvalue weighted by Gasteiger charge is -2.18. The number of hydrogen-bond acceptors (Lipinski definition) is 3. The molecule has 0 amide bonds. The Balaban J connectivity index is 2.49. The van der Waals surface area contributed by atoms with Gasteiger partial charge in [-0.3, -0.25) is 5.84 Å². The van der Waals surface area contributed by atoms with Crippen LogP contribution in [-0.4, -0.2) is 7.11 Å². The van der Waals surface area contributed by atoms with Gasteiger partial charge < -0.3 is 4.74 Å². The molecule has 0 saturated carbocycles. The highest BCUT2D eigenvalue weighted by Crippen LogP contribution is 2.31. The number of benzene rings is 2. The van der Waals surface area contributed by atoms with Crippen LogP contribution >= 0.6 is 11.6 Å². The molecule has 0 aliphatic rings. The van der Waals surface area contributed by atoms with Crippen molar-refractivity contribution in [3.63, 3.8) is 0 Å². The fraction of sp³-hybridized carbons (Fsp3) is 0.143.